The van der Waals surface area contributed by atoms with Gasteiger partial charge < -0.3 is 24.7 Å². The molecular formula is C24H20F3N3O5. The summed E-state index contributed by atoms with van der Waals surface area (Å²) in [7, 11) is 0. The Labute approximate surface area is 197 Å². The summed E-state index contributed by atoms with van der Waals surface area (Å²) in [6.07, 6.45) is -4.55. The van der Waals surface area contributed by atoms with Crippen LogP contribution >= 0.6 is 0 Å². The van der Waals surface area contributed by atoms with Gasteiger partial charge in [-0.25, -0.2) is 0 Å². The molecule has 0 spiro atoms. The fourth-order valence-corrected chi connectivity index (χ4v) is 3.58. The van der Waals surface area contributed by atoms with E-state index in [1.165, 1.54) is 29.4 Å². The van der Waals surface area contributed by atoms with Crippen LogP contribution in [0.3, 0.4) is 0 Å². The van der Waals surface area contributed by atoms with Crippen LogP contribution < -0.4 is 20.3 Å². The molecule has 1 atom stereocenters. The molecule has 0 saturated heterocycles. The van der Waals surface area contributed by atoms with Gasteiger partial charge in [0.2, 0.25) is 5.91 Å². The Balaban J connectivity index is 1.47. The lowest BCUT2D eigenvalue weighted by Gasteiger charge is -2.32. The van der Waals surface area contributed by atoms with Crippen molar-refractivity contribution in [1.29, 1.82) is 0 Å². The second kappa shape index (κ2) is 9.53. The van der Waals surface area contributed by atoms with Crippen LogP contribution in [0.1, 0.15) is 29.5 Å². The minimum Gasteiger partial charge on any atom is -0.479 e. The summed E-state index contributed by atoms with van der Waals surface area (Å²) in [6, 6.07) is 12.6. The van der Waals surface area contributed by atoms with Gasteiger partial charge in [-0.1, -0.05) is 12.1 Å². The number of halogens is 3. The number of fused-ring (bicyclic) bond motifs is 1. The minimum atomic E-state index is -4.80. The average molecular weight is 487 g/mol. The van der Waals surface area contributed by atoms with E-state index in [4.69, 9.17) is 9.15 Å². The summed E-state index contributed by atoms with van der Waals surface area (Å²) in [5.74, 6) is -1.38. The fraction of sp³-hybridized carbons (Fsp3) is 0.208. The average Bonchev–Trinajstić information content (AvgIpc) is 3.35. The lowest BCUT2D eigenvalue weighted by molar-refractivity contribution is -0.137. The van der Waals surface area contributed by atoms with E-state index in [0.717, 1.165) is 12.1 Å². The lowest BCUT2D eigenvalue weighted by Crippen LogP contribution is -2.45. The zero-order valence-electron chi connectivity index (χ0n) is 18.4. The van der Waals surface area contributed by atoms with E-state index < -0.39 is 35.3 Å². The molecule has 3 amide bonds. The molecule has 0 saturated carbocycles. The van der Waals surface area contributed by atoms with E-state index in [-0.39, 0.29) is 30.3 Å². The number of anilines is 3. The van der Waals surface area contributed by atoms with Crippen molar-refractivity contribution in [3.05, 3.63) is 72.2 Å². The summed E-state index contributed by atoms with van der Waals surface area (Å²) in [5, 5.41) is 4.58. The molecule has 1 aliphatic heterocycles. The maximum Gasteiger partial charge on any atom is 0.418 e. The smallest absolute Gasteiger partial charge is 0.418 e. The lowest BCUT2D eigenvalue weighted by atomic mass is 10.1. The molecule has 0 aliphatic carbocycles. The van der Waals surface area contributed by atoms with E-state index in [1.54, 1.807) is 31.2 Å². The highest BCUT2D eigenvalue weighted by atomic mass is 19.4. The molecule has 2 heterocycles. The van der Waals surface area contributed by atoms with Gasteiger partial charge in [0.1, 0.15) is 5.75 Å². The maximum atomic E-state index is 13.7. The van der Waals surface area contributed by atoms with Crippen molar-refractivity contribution in [1.82, 2.24) is 0 Å². The number of nitrogens with zero attached hydrogens (tertiary/aromatic N) is 1. The van der Waals surface area contributed by atoms with Crippen molar-refractivity contribution in [2.75, 3.05) is 22.1 Å². The molecule has 4 rings (SSSR count). The maximum absolute atomic E-state index is 13.7. The first kappa shape index (κ1) is 23.9. The zero-order chi connectivity index (χ0) is 25.2. The number of rotatable bonds is 6. The predicted octanol–water partition coefficient (Wildman–Crippen LogP) is 4.69. The van der Waals surface area contributed by atoms with Crippen molar-refractivity contribution in [2.24, 2.45) is 0 Å². The van der Waals surface area contributed by atoms with E-state index in [9.17, 15) is 27.6 Å². The van der Waals surface area contributed by atoms with E-state index in [2.05, 4.69) is 10.6 Å². The number of amides is 3. The zero-order valence-corrected chi connectivity index (χ0v) is 18.4. The third-order valence-corrected chi connectivity index (χ3v) is 5.24. The Morgan fingerprint density at radius 1 is 1.06 bits per heavy atom. The molecule has 0 bridgehead atoms. The van der Waals surface area contributed by atoms with Gasteiger partial charge in [-0.2, -0.15) is 13.2 Å². The Hall–Kier alpha value is -4.28. The van der Waals surface area contributed by atoms with Gasteiger partial charge in [0.25, 0.3) is 11.8 Å². The third-order valence-electron chi connectivity index (χ3n) is 5.24. The Morgan fingerprint density at radius 3 is 2.54 bits per heavy atom. The topological polar surface area (TPSA) is 101 Å². The quantitative estimate of drug-likeness (QED) is 0.525. The van der Waals surface area contributed by atoms with Crippen molar-refractivity contribution >= 4 is 34.8 Å². The van der Waals surface area contributed by atoms with Crippen molar-refractivity contribution in [3.63, 3.8) is 0 Å². The summed E-state index contributed by atoms with van der Waals surface area (Å²) < 4.78 is 51.5. The number of alkyl halides is 3. The molecule has 0 radical (unpaired) electrons. The molecule has 2 aromatic carbocycles. The molecule has 1 aliphatic rings. The van der Waals surface area contributed by atoms with E-state index in [1.807, 2.05) is 0 Å². The molecule has 8 nitrogen and oxygen atoms in total. The van der Waals surface area contributed by atoms with Crippen LogP contribution in [0.25, 0.3) is 0 Å². The number of para-hydroxylation sites is 2. The summed E-state index contributed by atoms with van der Waals surface area (Å²) in [6.45, 7) is 1.53. The van der Waals surface area contributed by atoms with Gasteiger partial charge in [0.15, 0.2) is 11.9 Å². The van der Waals surface area contributed by atoms with Crippen molar-refractivity contribution in [3.8, 4) is 5.75 Å². The first-order valence-corrected chi connectivity index (χ1v) is 10.6. The van der Waals surface area contributed by atoms with Gasteiger partial charge in [-0.3, -0.25) is 14.4 Å². The molecule has 0 fully saturated rings. The highest BCUT2D eigenvalue weighted by Crippen LogP contribution is 2.37. The van der Waals surface area contributed by atoms with Crippen LogP contribution in [-0.2, 0) is 15.8 Å². The molecular weight excluding hydrogens is 467 g/mol. The van der Waals surface area contributed by atoms with Crippen LogP contribution in [-0.4, -0.2) is 30.4 Å². The van der Waals surface area contributed by atoms with E-state index >= 15 is 0 Å². The van der Waals surface area contributed by atoms with Crippen molar-refractivity contribution in [2.45, 2.75) is 25.6 Å². The molecule has 0 unspecified atom stereocenters. The number of furan rings is 1. The minimum absolute atomic E-state index is 0.0476. The first-order valence-electron chi connectivity index (χ1n) is 10.6. The van der Waals surface area contributed by atoms with Gasteiger partial charge in [-0.05, 0) is 49.4 Å². The molecule has 35 heavy (non-hydrogen) atoms. The summed E-state index contributed by atoms with van der Waals surface area (Å²) in [5.41, 5.74) is -1.25. The number of ether oxygens (including phenoxy) is 1. The normalized spacial score (nSPS) is 15.3. The first-order chi connectivity index (χ1) is 16.6. The molecule has 1 aromatic heterocycles. The Bertz CT molecular complexity index is 1260. The fourth-order valence-electron chi connectivity index (χ4n) is 3.58. The molecule has 3 aromatic rings. The van der Waals surface area contributed by atoms with E-state index in [0.29, 0.717) is 11.4 Å². The van der Waals surface area contributed by atoms with Crippen LogP contribution in [0.5, 0.6) is 5.75 Å². The van der Waals surface area contributed by atoms with Crippen LogP contribution in [0.15, 0.2) is 65.3 Å². The molecule has 2 N–H and O–H groups in total. The monoisotopic (exact) mass is 487 g/mol. The predicted molar refractivity (Wildman–Crippen MR) is 120 cm³/mol. The summed E-state index contributed by atoms with van der Waals surface area (Å²) in [4.78, 5) is 38.5. The standard InChI is InChI=1S/C24H20F3N3O5/c1-14-23(33)30(18-5-2-3-6-19(18)35-14)11-10-21(31)29-17-9-8-15(13-16(17)24(25,26)27)28-22(32)20-7-4-12-34-20/h2-9,12-14H,10-11H2,1H3,(H,28,32)(H,29,31)/t14-/m0/s1. The third kappa shape index (κ3) is 5.29. The molecule has 182 valence electrons. The van der Waals surface area contributed by atoms with Crippen LogP contribution in [0.4, 0.5) is 30.2 Å². The SMILES string of the molecule is C[C@@H]1Oc2ccccc2N(CCC(=O)Nc2ccc(NC(=O)c3ccco3)cc2C(F)(F)F)C1=O. The van der Waals surface area contributed by atoms with Gasteiger partial charge in [0, 0.05) is 18.7 Å². The highest BCUT2D eigenvalue weighted by molar-refractivity contribution is 6.03. The number of hydrogen-bond donors (Lipinski definition) is 2. The Kier molecular flexibility index (Phi) is 6.50. The Morgan fingerprint density at radius 2 is 1.83 bits per heavy atom. The van der Waals surface area contributed by atoms with Gasteiger partial charge >= 0.3 is 6.18 Å². The molecule has 11 heteroatoms. The number of benzene rings is 2. The highest BCUT2D eigenvalue weighted by Gasteiger charge is 2.35. The number of hydrogen-bond acceptors (Lipinski definition) is 5. The van der Waals surface area contributed by atoms with Crippen molar-refractivity contribution < 1.29 is 36.7 Å². The number of nitrogens with one attached hydrogen (secondary N) is 2. The van der Waals surface area contributed by atoms with Gasteiger partial charge in [0.05, 0.1) is 23.2 Å². The second-order valence-corrected chi connectivity index (χ2v) is 7.71. The second-order valence-electron chi connectivity index (χ2n) is 7.71. The summed E-state index contributed by atoms with van der Waals surface area (Å²) >= 11 is 0. The van der Waals surface area contributed by atoms with Crippen LogP contribution in [0, 0.1) is 0 Å². The van der Waals surface area contributed by atoms with Crippen LogP contribution in [0.2, 0.25) is 0 Å². The number of carbonyl (C=O) groups is 3. The number of carbonyl (C=O) groups excluding carboxylic acids is 3. The van der Waals surface area contributed by atoms with Gasteiger partial charge in [-0.15, -0.1) is 0 Å². The largest absolute Gasteiger partial charge is 0.479 e.